The second kappa shape index (κ2) is 5.05. The Morgan fingerprint density at radius 1 is 1.26 bits per heavy atom. The molecule has 0 radical (unpaired) electrons. The zero-order valence-electron chi connectivity index (χ0n) is 10.3. The van der Waals surface area contributed by atoms with Gasteiger partial charge in [0.2, 0.25) is 5.88 Å². The van der Waals surface area contributed by atoms with E-state index in [0.29, 0.717) is 5.88 Å². The third kappa shape index (κ3) is 2.36. The van der Waals surface area contributed by atoms with Gasteiger partial charge in [-0.15, -0.1) is 0 Å². The quantitative estimate of drug-likeness (QED) is 0.914. The first-order valence-corrected chi connectivity index (χ1v) is 6.64. The van der Waals surface area contributed by atoms with Crippen molar-refractivity contribution in [1.82, 2.24) is 9.97 Å². The molecule has 98 valence electrons. The number of nitrogens with zero attached hydrogens (tertiary/aromatic N) is 2. The number of nitrogen functional groups attached to an aromatic ring is 1. The molecule has 0 amide bonds. The van der Waals surface area contributed by atoms with E-state index >= 15 is 0 Å². The maximum atomic E-state index is 6.06. The second-order valence-electron chi connectivity index (χ2n) is 4.58. The molecular weight excluding hydrogens is 262 g/mol. The fourth-order valence-corrected chi connectivity index (χ4v) is 2.56. The third-order valence-electron chi connectivity index (χ3n) is 3.35. The number of benzene rings is 1. The molecule has 1 heterocycles. The zero-order valence-corrected chi connectivity index (χ0v) is 11.1. The van der Waals surface area contributed by atoms with Crippen molar-refractivity contribution in [3.05, 3.63) is 46.7 Å². The number of ether oxygens (including phenoxy) is 1. The highest BCUT2D eigenvalue weighted by atomic mass is 35.5. The van der Waals surface area contributed by atoms with E-state index in [1.807, 2.05) is 6.07 Å². The normalized spacial score (nSPS) is 17.8. The number of nitrogens with two attached hydrogens (primary N) is 1. The SMILES string of the molecule is Nc1ncnc(OC2CCCc3ccccc32)c1Cl. The number of hydrogen-bond donors (Lipinski definition) is 1. The maximum Gasteiger partial charge on any atom is 0.238 e. The molecular formula is C14H14ClN3O. The number of anilines is 1. The highest BCUT2D eigenvalue weighted by Gasteiger charge is 2.23. The Bertz CT molecular complexity index is 603. The third-order valence-corrected chi connectivity index (χ3v) is 3.71. The maximum absolute atomic E-state index is 6.06. The smallest absolute Gasteiger partial charge is 0.238 e. The molecule has 0 spiro atoms. The molecule has 1 aromatic heterocycles. The summed E-state index contributed by atoms with van der Waals surface area (Å²) in [6.45, 7) is 0. The van der Waals surface area contributed by atoms with Crippen molar-refractivity contribution in [2.75, 3.05) is 5.73 Å². The van der Waals surface area contributed by atoms with E-state index < -0.39 is 0 Å². The van der Waals surface area contributed by atoms with Gasteiger partial charge in [-0.3, -0.25) is 0 Å². The minimum atomic E-state index is -0.0169. The van der Waals surface area contributed by atoms with Crippen molar-refractivity contribution in [2.45, 2.75) is 25.4 Å². The number of fused-ring (bicyclic) bond motifs is 1. The molecule has 0 bridgehead atoms. The molecule has 1 atom stereocenters. The molecule has 5 heteroatoms. The Labute approximate surface area is 116 Å². The van der Waals surface area contributed by atoms with Crippen LogP contribution in [0.25, 0.3) is 0 Å². The Morgan fingerprint density at radius 3 is 3.00 bits per heavy atom. The number of aromatic nitrogens is 2. The van der Waals surface area contributed by atoms with Gasteiger partial charge in [0.15, 0.2) is 0 Å². The summed E-state index contributed by atoms with van der Waals surface area (Å²) in [6.07, 6.45) is 4.50. The Hall–Kier alpha value is -1.81. The molecule has 2 aromatic rings. The molecule has 3 rings (SSSR count). The van der Waals surface area contributed by atoms with Gasteiger partial charge >= 0.3 is 0 Å². The molecule has 1 aromatic carbocycles. The summed E-state index contributed by atoms with van der Waals surface area (Å²) in [5.41, 5.74) is 8.20. The Balaban J connectivity index is 1.91. The lowest BCUT2D eigenvalue weighted by Crippen LogP contribution is -2.16. The summed E-state index contributed by atoms with van der Waals surface area (Å²) in [6, 6.07) is 8.31. The average Bonchev–Trinajstić information content (AvgIpc) is 2.44. The van der Waals surface area contributed by atoms with Crippen molar-refractivity contribution in [2.24, 2.45) is 0 Å². The summed E-state index contributed by atoms with van der Waals surface area (Å²) >= 11 is 6.06. The Kier molecular flexibility index (Phi) is 3.25. The number of hydrogen-bond acceptors (Lipinski definition) is 4. The van der Waals surface area contributed by atoms with Crippen LogP contribution in [-0.4, -0.2) is 9.97 Å². The molecule has 0 saturated heterocycles. The van der Waals surface area contributed by atoms with E-state index in [0.717, 1.165) is 19.3 Å². The summed E-state index contributed by atoms with van der Waals surface area (Å²) in [7, 11) is 0. The number of rotatable bonds is 2. The van der Waals surface area contributed by atoms with E-state index in [4.69, 9.17) is 22.1 Å². The second-order valence-corrected chi connectivity index (χ2v) is 4.95. The van der Waals surface area contributed by atoms with Crippen LogP contribution in [0, 0.1) is 0 Å². The van der Waals surface area contributed by atoms with E-state index in [2.05, 4.69) is 28.2 Å². The van der Waals surface area contributed by atoms with E-state index in [1.54, 1.807) is 0 Å². The van der Waals surface area contributed by atoms with Crippen molar-refractivity contribution in [3.63, 3.8) is 0 Å². The van der Waals surface area contributed by atoms with Crippen molar-refractivity contribution >= 4 is 17.4 Å². The van der Waals surface area contributed by atoms with Crippen LogP contribution < -0.4 is 10.5 Å². The highest BCUT2D eigenvalue weighted by molar-refractivity contribution is 6.33. The van der Waals surface area contributed by atoms with Crippen LogP contribution in [0.15, 0.2) is 30.6 Å². The van der Waals surface area contributed by atoms with Crippen LogP contribution in [-0.2, 0) is 6.42 Å². The molecule has 1 unspecified atom stereocenters. The van der Waals surface area contributed by atoms with Gasteiger partial charge in [0.25, 0.3) is 0 Å². The molecule has 1 aliphatic rings. The van der Waals surface area contributed by atoms with Gasteiger partial charge in [-0.05, 0) is 30.4 Å². The molecule has 0 fully saturated rings. The molecule has 19 heavy (non-hydrogen) atoms. The van der Waals surface area contributed by atoms with Crippen LogP contribution in [0.1, 0.15) is 30.1 Å². The molecule has 1 aliphatic carbocycles. The lowest BCUT2D eigenvalue weighted by molar-refractivity contribution is 0.176. The molecule has 4 nitrogen and oxygen atoms in total. The largest absolute Gasteiger partial charge is 0.468 e. The van der Waals surface area contributed by atoms with E-state index in [1.165, 1.54) is 17.5 Å². The molecule has 2 N–H and O–H groups in total. The monoisotopic (exact) mass is 275 g/mol. The summed E-state index contributed by atoms with van der Waals surface area (Å²) in [4.78, 5) is 7.89. The van der Waals surface area contributed by atoms with Crippen LogP contribution >= 0.6 is 11.6 Å². The Morgan fingerprint density at radius 2 is 2.11 bits per heavy atom. The fourth-order valence-electron chi connectivity index (χ4n) is 2.42. The molecule has 0 aliphatic heterocycles. The number of halogens is 1. The van der Waals surface area contributed by atoms with Crippen LogP contribution in [0.3, 0.4) is 0 Å². The van der Waals surface area contributed by atoms with Gasteiger partial charge in [-0.2, -0.15) is 0 Å². The van der Waals surface area contributed by atoms with Crippen molar-refractivity contribution in [1.29, 1.82) is 0 Å². The van der Waals surface area contributed by atoms with Crippen molar-refractivity contribution in [3.8, 4) is 5.88 Å². The zero-order chi connectivity index (χ0) is 13.2. The summed E-state index contributed by atoms with van der Waals surface area (Å²) in [5.74, 6) is 0.603. The highest BCUT2D eigenvalue weighted by Crippen LogP contribution is 2.35. The minimum Gasteiger partial charge on any atom is -0.468 e. The van der Waals surface area contributed by atoms with Crippen LogP contribution in [0.5, 0.6) is 5.88 Å². The van der Waals surface area contributed by atoms with Crippen LogP contribution in [0.2, 0.25) is 5.02 Å². The van der Waals surface area contributed by atoms with Crippen molar-refractivity contribution < 1.29 is 4.74 Å². The predicted molar refractivity (Wildman–Crippen MR) is 74.2 cm³/mol. The lowest BCUT2D eigenvalue weighted by atomic mass is 9.89. The molecule has 0 saturated carbocycles. The minimum absolute atomic E-state index is 0.0169. The van der Waals surface area contributed by atoms with Gasteiger partial charge in [-0.25, -0.2) is 9.97 Å². The van der Waals surface area contributed by atoms with E-state index in [9.17, 15) is 0 Å². The first-order chi connectivity index (χ1) is 9.25. The standard InChI is InChI=1S/C14H14ClN3O/c15-12-13(16)17-8-18-14(12)19-11-7-3-5-9-4-1-2-6-10(9)11/h1-2,4,6,8,11H,3,5,7H2,(H2,16,17,18). The lowest BCUT2D eigenvalue weighted by Gasteiger charge is -2.26. The first kappa shape index (κ1) is 12.2. The topological polar surface area (TPSA) is 61.0 Å². The van der Waals surface area contributed by atoms with Gasteiger partial charge < -0.3 is 10.5 Å². The van der Waals surface area contributed by atoms with Gasteiger partial charge in [-0.1, -0.05) is 35.9 Å². The first-order valence-electron chi connectivity index (χ1n) is 6.26. The van der Waals surface area contributed by atoms with E-state index in [-0.39, 0.29) is 16.9 Å². The fraction of sp³-hybridized carbons (Fsp3) is 0.286. The van der Waals surface area contributed by atoms with Gasteiger partial charge in [0, 0.05) is 0 Å². The van der Waals surface area contributed by atoms with Crippen LogP contribution in [0.4, 0.5) is 5.82 Å². The summed E-state index contributed by atoms with van der Waals surface area (Å²) < 4.78 is 5.93. The predicted octanol–water partition coefficient (Wildman–Crippen LogP) is 3.17. The summed E-state index contributed by atoms with van der Waals surface area (Å²) in [5, 5.41) is 0.283. The average molecular weight is 276 g/mol. The van der Waals surface area contributed by atoms with Gasteiger partial charge in [0.1, 0.15) is 23.3 Å². The number of aryl methyl sites for hydroxylation is 1. The van der Waals surface area contributed by atoms with Gasteiger partial charge in [0.05, 0.1) is 0 Å².